The number of nitrogens with zero attached hydrogens (tertiary/aromatic N) is 2. The summed E-state index contributed by atoms with van der Waals surface area (Å²) in [7, 11) is -2.67. The van der Waals surface area contributed by atoms with Crippen LogP contribution in [-0.2, 0) is 26.2 Å². The molecule has 0 fully saturated rings. The zero-order valence-electron chi connectivity index (χ0n) is 23.7. The van der Waals surface area contributed by atoms with Gasteiger partial charge in [-0.1, -0.05) is 60.8 Å². The summed E-state index contributed by atoms with van der Waals surface area (Å²) in [5, 5.41) is 3.60. The number of hydrogen-bond donors (Lipinski definition) is 1. The Kier molecular flexibility index (Phi) is 11.1. The summed E-state index contributed by atoms with van der Waals surface area (Å²) in [5.41, 5.74) is 1.72. The molecule has 0 spiro atoms. The van der Waals surface area contributed by atoms with Crippen molar-refractivity contribution in [2.24, 2.45) is 5.92 Å². The van der Waals surface area contributed by atoms with Crippen molar-refractivity contribution in [1.29, 1.82) is 0 Å². The van der Waals surface area contributed by atoms with E-state index in [9.17, 15) is 18.0 Å². The van der Waals surface area contributed by atoms with Gasteiger partial charge >= 0.3 is 0 Å². The van der Waals surface area contributed by atoms with Crippen LogP contribution in [0.1, 0.15) is 31.9 Å². The lowest BCUT2D eigenvalue weighted by molar-refractivity contribution is -0.139. The minimum atomic E-state index is -4.17. The van der Waals surface area contributed by atoms with Gasteiger partial charge in [0, 0.05) is 23.1 Å². The van der Waals surface area contributed by atoms with Gasteiger partial charge in [-0.05, 0) is 73.9 Å². The van der Waals surface area contributed by atoms with Gasteiger partial charge in [0.2, 0.25) is 11.8 Å². The molecule has 0 saturated heterocycles. The van der Waals surface area contributed by atoms with Crippen molar-refractivity contribution in [3.8, 4) is 5.75 Å². The van der Waals surface area contributed by atoms with Gasteiger partial charge in [-0.2, -0.15) is 0 Å². The molecule has 2 amide bonds. The van der Waals surface area contributed by atoms with E-state index >= 15 is 0 Å². The van der Waals surface area contributed by atoms with Crippen LogP contribution in [0.4, 0.5) is 5.69 Å². The SMILES string of the molecule is COc1ccc(N(CC(=O)N(Cc2ccc(Cl)cc2Cl)C(C)C(=O)NCC(C)C)S(=O)(=O)c2ccc(C)cc2)cc1. The summed E-state index contributed by atoms with van der Waals surface area (Å²) in [6.07, 6.45) is 0. The van der Waals surface area contributed by atoms with Crippen LogP contribution in [0.2, 0.25) is 10.0 Å². The quantitative estimate of drug-likeness (QED) is 0.281. The summed E-state index contributed by atoms with van der Waals surface area (Å²) >= 11 is 12.5. The lowest BCUT2D eigenvalue weighted by Gasteiger charge is -2.32. The highest BCUT2D eigenvalue weighted by Crippen LogP contribution is 2.28. The highest BCUT2D eigenvalue weighted by Gasteiger charge is 2.33. The molecule has 0 aromatic heterocycles. The van der Waals surface area contributed by atoms with Crippen LogP contribution in [0.3, 0.4) is 0 Å². The predicted molar refractivity (Wildman–Crippen MR) is 163 cm³/mol. The Balaban J connectivity index is 2.04. The van der Waals surface area contributed by atoms with Crippen molar-refractivity contribution in [3.05, 3.63) is 87.9 Å². The summed E-state index contributed by atoms with van der Waals surface area (Å²) in [5.74, 6) is -0.224. The number of halogens is 2. The maximum Gasteiger partial charge on any atom is 0.264 e. The summed E-state index contributed by atoms with van der Waals surface area (Å²) in [4.78, 5) is 28.4. The zero-order valence-corrected chi connectivity index (χ0v) is 26.1. The third kappa shape index (κ3) is 8.38. The van der Waals surface area contributed by atoms with Crippen LogP contribution in [-0.4, -0.2) is 51.4 Å². The smallest absolute Gasteiger partial charge is 0.264 e. The molecular formula is C30H35Cl2N3O5S. The highest BCUT2D eigenvalue weighted by molar-refractivity contribution is 7.92. The van der Waals surface area contributed by atoms with Crippen LogP contribution < -0.4 is 14.4 Å². The van der Waals surface area contributed by atoms with Crippen molar-refractivity contribution >= 4 is 50.7 Å². The van der Waals surface area contributed by atoms with E-state index in [1.54, 1.807) is 61.5 Å². The van der Waals surface area contributed by atoms with Gasteiger partial charge in [-0.15, -0.1) is 0 Å². The topological polar surface area (TPSA) is 96.0 Å². The molecule has 1 N–H and O–H groups in total. The maximum atomic E-state index is 14.0. The third-order valence-electron chi connectivity index (χ3n) is 6.46. The molecule has 0 radical (unpaired) electrons. The van der Waals surface area contributed by atoms with E-state index in [4.69, 9.17) is 27.9 Å². The molecule has 1 atom stereocenters. The second kappa shape index (κ2) is 14.1. The summed E-state index contributed by atoms with van der Waals surface area (Å²) in [6.45, 7) is 7.21. The molecule has 0 aliphatic rings. The Hall–Kier alpha value is -3.27. The molecule has 41 heavy (non-hydrogen) atoms. The number of carbonyl (C=O) groups is 2. The second-order valence-corrected chi connectivity index (χ2v) is 12.8. The third-order valence-corrected chi connectivity index (χ3v) is 8.83. The lowest BCUT2D eigenvalue weighted by Crippen LogP contribution is -2.51. The Morgan fingerprint density at radius 2 is 1.59 bits per heavy atom. The number of anilines is 1. The number of sulfonamides is 1. The minimum absolute atomic E-state index is 0.0294. The first-order chi connectivity index (χ1) is 19.3. The lowest BCUT2D eigenvalue weighted by atomic mass is 10.1. The van der Waals surface area contributed by atoms with Crippen LogP contribution in [0, 0.1) is 12.8 Å². The number of methoxy groups -OCH3 is 1. The number of hydrogen-bond acceptors (Lipinski definition) is 5. The molecule has 1 unspecified atom stereocenters. The summed E-state index contributed by atoms with van der Waals surface area (Å²) < 4.78 is 34.1. The fourth-order valence-corrected chi connectivity index (χ4v) is 5.87. The van der Waals surface area contributed by atoms with Crippen molar-refractivity contribution in [2.45, 2.75) is 45.2 Å². The standard InChI is InChI=1S/C30H35Cl2N3O5S/c1-20(2)17-33-30(37)22(4)34(18-23-8-9-24(31)16-28(23)32)29(36)19-35(25-10-12-26(40-5)13-11-25)41(38,39)27-14-6-21(3)7-15-27/h6-16,20,22H,17-19H2,1-5H3,(H,33,37). The summed E-state index contributed by atoms with van der Waals surface area (Å²) in [6, 6.07) is 16.7. The second-order valence-electron chi connectivity index (χ2n) is 10.1. The van der Waals surface area contributed by atoms with Crippen molar-refractivity contribution in [1.82, 2.24) is 10.2 Å². The molecule has 11 heteroatoms. The first-order valence-electron chi connectivity index (χ1n) is 13.1. The van der Waals surface area contributed by atoms with Crippen molar-refractivity contribution in [3.63, 3.8) is 0 Å². The van der Waals surface area contributed by atoms with E-state index in [-0.39, 0.29) is 29.0 Å². The number of ether oxygens (including phenoxy) is 1. The molecule has 3 aromatic rings. The molecule has 8 nitrogen and oxygen atoms in total. The van der Waals surface area contributed by atoms with Crippen LogP contribution in [0.5, 0.6) is 5.75 Å². The van der Waals surface area contributed by atoms with Gasteiger partial charge in [-0.3, -0.25) is 13.9 Å². The molecule has 3 rings (SSSR count). The first-order valence-corrected chi connectivity index (χ1v) is 15.3. The van der Waals surface area contributed by atoms with Gasteiger partial charge in [0.25, 0.3) is 10.0 Å². The number of aryl methyl sites for hydroxylation is 1. The molecule has 0 aliphatic heterocycles. The largest absolute Gasteiger partial charge is 0.497 e. The number of nitrogens with one attached hydrogen (secondary N) is 1. The van der Waals surface area contributed by atoms with Crippen LogP contribution >= 0.6 is 23.2 Å². The van der Waals surface area contributed by atoms with Crippen molar-refractivity contribution < 1.29 is 22.7 Å². The molecule has 0 heterocycles. The van der Waals surface area contributed by atoms with E-state index < -0.39 is 28.5 Å². The Labute approximate surface area is 252 Å². The Morgan fingerprint density at radius 3 is 2.15 bits per heavy atom. The molecular weight excluding hydrogens is 585 g/mol. The molecule has 0 bridgehead atoms. The minimum Gasteiger partial charge on any atom is -0.497 e. The van der Waals surface area contributed by atoms with Crippen LogP contribution in [0.15, 0.2) is 71.6 Å². The average molecular weight is 621 g/mol. The number of amides is 2. The normalized spacial score (nSPS) is 12.1. The molecule has 220 valence electrons. The first kappa shape index (κ1) is 32.2. The number of benzene rings is 3. The van der Waals surface area contributed by atoms with Gasteiger partial charge in [0.1, 0.15) is 18.3 Å². The number of rotatable bonds is 12. The Morgan fingerprint density at radius 1 is 0.951 bits per heavy atom. The fourth-order valence-electron chi connectivity index (χ4n) is 3.98. The van der Waals surface area contributed by atoms with E-state index in [0.29, 0.717) is 27.9 Å². The van der Waals surface area contributed by atoms with Gasteiger partial charge in [0.05, 0.1) is 17.7 Å². The number of carbonyl (C=O) groups excluding carboxylic acids is 2. The van der Waals surface area contributed by atoms with E-state index in [1.807, 2.05) is 20.8 Å². The maximum absolute atomic E-state index is 14.0. The molecule has 3 aromatic carbocycles. The van der Waals surface area contributed by atoms with Gasteiger partial charge in [-0.25, -0.2) is 8.42 Å². The monoisotopic (exact) mass is 619 g/mol. The zero-order chi connectivity index (χ0) is 30.3. The van der Waals surface area contributed by atoms with E-state index in [0.717, 1.165) is 9.87 Å². The fraction of sp³-hybridized carbons (Fsp3) is 0.333. The van der Waals surface area contributed by atoms with Crippen LogP contribution in [0.25, 0.3) is 0 Å². The highest BCUT2D eigenvalue weighted by atomic mass is 35.5. The molecule has 0 aliphatic carbocycles. The van der Waals surface area contributed by atoms with Gasteiger partial charge in [0.15, 0.2) is 0 Å². The molecule has 0 saturated carbocycles. The predicted octanol–water partition coefficient (Wildman–Crippen LogP) is 5.70. The Bertz CT molecular complexity index is 1460. The van der Waals surface area contributed by atoms with Gasteiger partial charge < -0.3 is 15.0 Å². The van der Waals surface area contributed by atoms with E-state index in [1.165, 1.54) is 24.1 Å². The average Bonchev–Trinajstić information content (AvgIpc) is 2.94. The van der Waals surface area contributed by atoms with Crippen molar-refractivity contribution in [2.75, 3.05) is 24.5 Å². The van der Waals surface area contributed by atoms with E-state index in [2.05, 4.69) is 5.32 Å².